The van der Waals surface area contributed by atoms with E-state index in [1.54, 1.807) is 11.6 Å². The fraction of sp³-hybridized carbons (Fsp3) is 0.667. The highest BCUT2D eigenvalue weighted by molar-refractivity contribution is 9.10. The summed E-state index contributed by atoms with van der Waals surface area (Å²) in [6.07, 6.45) is 0.847. The molecule has 1 aromatic heterocycles. The lowest BCUT2D eigenvalue weighted by Gasteiger charge is -2.04. The minimum absolute atomic E-state index is 0.316. The van der Waals surface area contributed by atoms with Crippen LogP contribution in [-0.2, 0) is 17.7 Å². The minimum Gasteiger partial charge on any atom is -0.461 e. The molecule has 1 heterocycles. The summed E-state index contributed by atoms with van der Waals surface area (Å²) in [7, 11) is 0. The number of esters is 1. The molecule has 0 atom stereocenters. The van der Waals surface area contributed by atoms with Gasteiger partial charge < -0.3 is 4.74 Å². The van der Waals surface area contributed by atoms with Gasteiger partial charge in [-0.15, -0.1) is 0 Å². The summed E-state index contributed by atoms with van der Waals surface area (Å²) in [4.78, 5) is 11.8. The predicted molar refractivity (Wildman–Crippen MR) is 70.1 cm³/mol. The van der Waals surface area contributed by atoms with Gasteiger partial charge in [-0.25, -0.2) is 4.79 Å². The van der Waals surface area contributed by atoms with Gasteiger partial charge in [-0.2, -0.15) is 5.10 Å². The number of aryl methyl sites for hydroxylation is 1. The van der Waals surface area contributed by atoms with Gasteiger partial charge in [0.1, 0.15) is 0 Å². The molecule has 0 fully saturated rings. The van der Waals surface area contributed by atoms with Gasteiger partial charge in [-0.05, 0) is 42.1 Å². The Balaban J connectivity index is 3.10. The summed E-state index contributed by atoms with van der Waals surface area (Å²) in [5.74, 6) is 0.185. The molecule has 0 aromatic carbocycles. The van der Waals surface area contributed by atoms with Crippen LogP contribution in [0.4, 0.5) is 0 Å². The summed E-state index contributed by atoms with van der Waals surface area (Å²) in [6, 6.07) is 0. The maximum Gasteiger partial charge on any atom is 0.357 e. The molecule has 96 valence electrons. The van der Waals surface area contributed by atoms with Crippen LogP contribution in [0.5, 0.6) is 0 Å². The molecule has 0 aliphatic carbocycles. The molecular formula is C12H19BrN2O2. The molecule has 17 heavy (non-hydrogen) atoms. The van der Waals surface area contributed by atoms with Crippen molar-refractivity contribution in [2.45, 2.75) is 40.7 Å². The van der Waals surface area contributed by atoms with Crippen LogP contribution in [0.25, 0.3) is 0 Å². The Morgan fingerprint density at radius 3 is 2.59 bits per heavy atom. The fourth-order valence-corrected chi connectivity index (χ4v) is 2.24. The van der Waals surface area contributed by atoms with Crippen molar-refractivity contribution in [1.82, 2.24) is 9.78 Å². The SMILES string of the molecule is CCOC(=O)c1c(Br)c(CC(C)C)nn1CC. The maximum atomic E-state index is 11.8. The zero-order valence-electron chi connectivity index (χ0n) is 10.8. The highest BCUT2D eigenvalue weighted by Crippen LogP contribution is 2.24. The molecule has 0 saturated carbocycles. The maximum absolute atomic E-state index is 11.8. The first-order chi connectivity index (χ1) is 8.01. The van der Waals surface area contributed by atoms with Gasteiger partial charge in [-0.3, -0.25) is 4.68 Å². The topological polar surface area (TPSA) is 44.1 Å². The van der Waals surface area contributed by atoms with Gasteiger partial charge in [0, 0.05) is 6.54 Å². The second-order valence-corrected chi connectivity index (χ2v) is 5.04. The molecule has 4 nitrogen and oxygen atoms in total. The molecule has 0 spiro atoms. The van der Waals surface area contributed by atoms with Crippen molar-refractivity contribution >= 4 is 21.9 Å². The molecule has 1 rings (SSSR count). The standard InChI is InChI=1S/C12H19BrN2O2/c1-5-15-11(12(16)17-6-2)10(13)9(14-15)7-8(3)4/h8H,5-7H2,1-4H3. The van der Waals surface area contributed by atoms with Crippen LogP contribution in [0, 0.1) is 5.92 Å². The Labute approximate surface area is 110 Å². The van der Waals surface area contributed by atoms with Gasteiger partial charge in [0.15, 0.2) is 5.69 Å². The summed E-state index contributed by atoms with van der Waals surface area (Å²) < 4.78 is 7.50. The molecule has 0 saturated heterocycles. The minimum atomic E-state index is -0.316. The predicted octanol–water partition coefficient (Wildman–Crippen LogP) is 3.04. The van der Waals surface area contributed by atoms with E-state index in [4.69, 9.17) is 4.74 Å². The third-order valence-electron chi connectivity index (χ3n) is 2.33. The number of halogens is 1. The van der Waals surface area contributed by atoms with Crippen LogP contribution >= 0.6 is 15.9 Å². The van der Waals surface area contributed by atoms with E-state index in [2.05, 4.69) is 34.9 Å². The highest BCUT2D eigenvalue weighted by Gasteiger charge is 2.22. The Kier molecular flexibility index (Phi) is 5.18. The third kappa shape index (κ3) is 3.31. The van der Waals surface area contributed by atoms with Gasteiger partial charge in [0.2, 0.25) is 0 Å². The summed E-state index contributed by atoms with van der Waals surface area (Å²) >= 11 is 3.46. The van der Waals surface area contributed by atoms with Crippen molar-refractivity contribution < 1.29 is 9.53 Å². The van der Waals surface area contributed by atoms with Crippen molar-refractivity contribution in [2.24, 2.45) is 5.92 Å². The molecule has 5 heteroatoms. The van der Waals surface area contributed by atoms with E-state index < -0.39 is 0 Å². The Morgan fingerprint density at radius 1 is 1.47 bits per heavy atom. The largest absolute Gasteiger partial charge is 0.461 e. The highest BCUT2D eigenvalue weighted by atomic mass is 79.9. The number of ether oxygens (including phenoxy) is 1. The average molecular weight is 303 g/mol. The van der Waals surface area contributed by atoms with E-state index in [9.17, 15) is 4.79 Å². The number of carbonyl (C=O) groups is 1. The van der Waals surface area contributed by atoms with Crippen LogP contribution in [0.15, 0.2) is 4.47 Å². The molecule has 0 bridgehead atoms. The quantitative estimate of drug-likeness (QED) is 0.785. The molecule has 0 amide bonds. The normalized spacial score (nSPS) is 10.9. The van der Waals surface area contributed by atoms with Crippen molar-refractivity contribution in [1.29, 1.82) is 0 Å². The number of nitrogens with zero attached hydrogens (tertiary/aromatic N) is 2. The van der Waals surface area contributed by atoms with Crippen LogP contribution in [0.1, 0.15) is 43.9 Å². The first-order valence-electron chi connectivity index (χ1n) is 5.93. The van der Waals surface area contributed by atoms with Gasteiger partial charge >= 0.3 is 5.97 Å². The molecule has 0 N–H and O–H groups in total. The first kappa shape index (κ1) is 14.2. The van der Waals surface area contributed by atoms with Gasteiger partial charge in [0.25, 0.3) is 0 Å². The van der Waals surface area contributed by atoms with Crippen molar-refractivity contribution in [3.63, 3.8) is 0 Å². The van der Waals surface area contributed by atoms with E-state index in [0.717, 1.165) is 16.6 Å². The van der Waals surface area contributed by atoms with Gasteiger partial charge in [-0.1, -0.05) is 13.8 Å². The van der Waals surface area contributed by atoms with E-state index in [-0.39, 0.29) is 5.97 Å². The molecule has 0 unspecified atom stereocenters. The summed E-state index contributed by atoms with van der Waals surface area (Å²) in [5, 5.41) is 4.44. The van der Waals surface area contributed by atoms with E-state index in [1.807, 2.05) is 6.92 Å². The molecule has 0 aliphatic rings. The molecular weight excluding hydrogens is 284 g/mol. The third-order valence-corrected chi connectivity index (χ3v) is 3.16. The Hall–Kier alpha value is -0.840. The second-order valence-electron chi connectivity index (χ2n) is 4.24. The van der Waals surface area contributed by atoms with Crippen LogP contribution in [-0.4, -0.2) is 22.4 Å². The zero-order valence-corrected chi connectivity index (χ0v) is 12.4. The van der Waals surface area contributed by atoms with E-state index in [0.29, 0.717) is 24.8 Å². The first-order valence-corrected chi connectivity index (χ1v) is 6.72. The number of hydrogen-bond acceptors (Lipinski definition) is 3. The summed E-state index contributed by atoms with van der Waals surface area (Å²) in [5.41, 5.74) is 1.44. The number of rotatable bonds is 5. The second kappa shape index (κ2) is 6.19. The van der Waals surface area contributed by atoms with Crippen molar-refractivity contribution in [3.05, 3.63) is 15.9 Å². The lowest BCUT2D eigenvalue weighted by Crippen LogP contribution is -2.12. The zero-order chi connectivity index (χ0) is 13.0. The lowest BCUT2D eigenvalue weighted by molar-refractivity contribution is 0.0511. The molecule has 0 radical (unpaired) electrons. The van der Waals surface area contributed by atoms with Crippen molar-refractivity contribution in [3.8, 4) is 0 Å². The smallest absolute Gasteiger partial charge is 0.357 e. The van der Waals surface area contributed by atoms with Gasteiger partial charge in [0.05, 0.1) is 16.8 Å². The lowest BCUT2D eigenvalue weighted by atomic mass is 10.1. The van der Waals surface area contributed by atoms with Crippen LogP contribution in [0.3, 0.4) is 0 Å². The molecule has 0 aliphatic heterocycles. The van der Waals surface area contributed by atoms with Crippen molar-refractivity contribution in [2.75, 3.05) is 6.61 Å². The summed E-state index contributed by atoms with van der Waals surface area (Å²) in [6.45, 7) is 9.04. The average Bonchev–Trinajstić information content (AvgIpc) is 2.55. The fourth-order valence-electron chi connectivity index (χ4n) is 1.63. The van der Waals surface area contributed by atoms with E-state index >= 15 is 0 Å². The monoisotopic (exact) mass is 302 g/mol. The molecule has 1 aromatic rings. The van der Waals surface area contributed by atoms with E-state index in [1.165, 1.54) is 0 Å². The number of hydrogen-bond donors (Lipinski definition) is 0. The Bertz CT molecular complexity index is 399. The Morgan fingerprint density at radius 2 is 2.12 bits per heavy atom. The van der Waals surface area contributed by atoms with Crippen LogP contribution < -0.4 is 0 Å². The van der Waals surface area contributed by atoms with Crippen LogP contribution in [0.2, 0.25) is 0 Å². The number of aromatic nitrogens is 2. The number of carbonyl (C=O) groups excluding carboxylic acids is 1.